The maximum Gasteiger partial charge on any atom is 0.329 e. The summed E-state index contributed by atoms with van der Waals surface area (Å²) < 4.78 is 0. The van der Waals surface area contributed by atoms with Gasteiger partial charge in [-0.15, -0.1) is 0 Å². The first kappa shape index (κ1) is 11.2. The summed E-state index contributed by atoms with van der Waals surface area (Å²) >= 11 is 0. The minimum absolute atomic E-state index is 0.0141. The lowest BCUT2D eigenvalue weighted by Gasteiger charge is -2.06. The van der Waals surface area contributed by atoms with Crippen LogP contribution < -0.4 is 0 Å². The van der Waals surface area contributed by atoms with Gasteiger partial charge in [0.25, 0.3) is 0 Å². The molecule has 2 unspecified atom stereocenters. The number of rotatable bonds is 5. The molecule has 0 aliphatic rings. The highest BCUT2D eigenvalue weighted by molar-refractivity contribution is 5.74. The molecule has 0 saturated heterocycles. The van der Waals surface area contributed by atoms with Crippen molar-refractivity contribution in [2.45, 2.75) is 25.4 Å². The SMILES string of the molecule is CC(CC(N=C=O)C(=O)O)N=C=O. The first-order valence-corrected chi connectivity index (χ1v) is 3.48. The Morgan fingerprint density at radius 2 is 1.92 bits per heavy atom. The second-order valence-corrected chi connectivity index (χ2v) is 2.38. The van der Waals surface area contributed by atoms with E-state index in [0.29, 0.717) is 0 Å². The molecule has 0 fully saturated rings. The minimum atomic E-state index is -1.24. The van der Waals surface area contributed by atoms with Crippen molar-refractivity contribution in [2.24, 2.45) is 9.98 Å². The molecule has 1 N–H and O–H groups in total. The van der Waals surface area contributed by atoms with E-state index in [2.05, 4.69) is 9.98 Å². The Morgan fingerprint density at radius 1 is 1.38 bits per heavy atom. The lowest BCUT2D eigenvalue weighted by molar-refractivity contribution is -0.138. The molecule has 0 radical (unpaired) electrons. The fraction of sp³-hybridized carbons (Fsp3) is 0.571. The second kappa shape index (κ2) is 5.83. The highest BCUT2D eigenvalue weighted by Crippen LogP contribution is 2.04. The summed E-state index contributed by atoms with van der Waals surface area (Å²) in [6.45, 7) is 1.53. The van der Waals surface area contributed by atoms with Crippen LogP contribution in [0, 0.1) is 0 Å². The zero-order valence-electron chi connectivity index (χ0n) is 6.93. The van der Waals surface area contributed by atoms with Crippen LogP contribution in [0.15, 0.2) is 9.98 Å². The van der Waals surface area contributed by atoms with Crippen LogP contribution in [0.4, 0.5) is 0 Å². The Bertz CT molecular complexity index is 274. The van der Waals surface area contributed by atoms with Crippen molar-refractivity contribution < 1.29 is 19.5 Å². The van der Waals surface area contributed by atoms with Crippen LogP contribution in [0.2, 0.25) is 0 Å². The van der Waals surface area contributed by atoms with Crippen LogP contribution in [0.5, 0.6) is 0 Å². The molecule has 0 spiro atoms. The fourth-order valence-corrected chi connectivity index (χ4v) is 0.738. The van der Waals surface area contributed by atoms with Crippen molar-refractivity contribution in [1.82, 2.24) is 0 Å². The van der Waals surface area contributed by atoms with Gasteiger partial charge in [0.1, 0.15) is 0 Å². The zero-order valence-corrected chi connectivity index (χ0v) is 6.93. The predicted octanol–water partition coefficient (Wildman–Crippen LogP) is -0.110. The van der Waals surface area contributed by atoms with Crippen LogP contribution in [0.3, 0.4) is 0 Å². The van der Waals surface area contributed by atoms with Crippen molar-refractivity contribution in [1.29, 1.82) is 0 Å². The van der Waals surface area contributed by atoms with Gasteiger partial charge in [0, 0.05) is 6.42 Å². The maximum absolute atomic E-state index is 10.4. The van der Waals surface area contributed by atoms with Gasteiger partial charge in [-0.2, -0.15) is 4.99 Å². The number of carbonyl (C=O) groups excluding carboxylic acids is 2. The van der Waals surface area contributed by atoms with Crippen LogP contribution in [0.1, 0.15) is 13.3 Å². The number of nitrogens with zero attached hydrogens (tertiary/aromatic N) is 2. The Kier molecular flexibility index (Phi) is 5.03. The van der Waals surface area contributed by atoms with E-state index in [1.165, 1.54) is 13.0 Å². The summed E-state index contributed by atoms with van der Waals surface area (Å²) in [6.07, 6.45) is 2.43. The van der Waals surface area contributed by atoms with Gasteiger partial charge in [-0.1, -0.05) is 0 Å². The summed E-state index contributed by atoms with van der Waals surface area (Å²) in [5, 5.41) is 8.51. The molecule has 6 nitrogen and oxygen atoms in total. The number of aliphatic carboxylic acids is 1. The molecular weight excluding hydrogens is 176 g/mol. The molecule has 0 aliphatic heterocycles. The van der Waals surface area contributed by atoms with Gasteiger partial charge in [0.05, 0.1) is 6.04 Å². The van der Waals surface area contributed by atoms with Gasteiger partial charge >= 0.3 is 5.97 Å². The number of hydrogen-bond acceptors (Lipinski definition) is 5. The first-order chi connectivity index (χ1) is 6.11. The van der Waals surface area contributed by atoms with Gasteiger partial charge < -0.3 is 5.11 Å². The van der Waals surface area contributed by atoms with Crippen LogP contribution in [-0.2, 0) is 14.4 Å². The second-order valence-electron chi connectivity index (χ2n) is 2.38. The molecule has 0 saturated carbocycles. The van der Waals surface area contributed by atoms with Gasteiger partial charge in [-0.25, -0.2) is 19.4 Å². The van der Waals surface area contributed by atoms with Gasteiger partial charge in [0.2, 0.25) is 12.2 Å². The molecular formula is C7H8N2O4. The molecule has 0 aromatic carbocycles. The largest absolute Gasteiger partial charge is 0.480 e. The third-order valence-corrected chi connectivity index (χ3v) is 1.33. The van der Waals surface area contributed by atoms with Crippen molar-refractivity contribution in [3.63, 3.8) is 0 Å². The van der Waals surface area contributed by atoms with E-state index in [-0.39, 0.29) is 6.42 Å². The summed E-state index contributed by atoms with van der Waals surface area (Å²) in [5.41, 5.74) is 0. The number of carbonyl (C=O) groups is 1. The van der Waals surface area contributed by atoms with E-state index in [4.69, 9.17) is 5.11 Å². The molecule has 0 aromatic rings. The molecule has 6 heteroatoms. The monoisotopic (exact) mass is 184 g/mol. The highest BCUT2D eigenvalue weighted by Gasteiger charge is 2.18. The Morgan fingerprint density at radius 3 is 2.31 bits per heavy atom. The topological polar surface area (TPSA) is 96.2 Å². The average molecular weight is 184 g/mol. The predicted molar refractivity (Wildman–Crippen MR) is 41.7 cm³/mol. The minimum Gasteiger partial charge on any atom is -0.480 e. The molecule has 0 rings (SSSR count). The first-order valence-electron chi connectivity index (χ1n) is 3.48. The van der Waals surface area contributed by atoms with E-state index in [1.54, 1.807) is 0 Å². The smallest absolute Gasteiger partial charge is 0.329 e. The molecule has 0 aromatic heterocycles. The summed E-state index contributed by atoms with van der Waals surface area (Å²) in [7, 11) is 0. The molecule has 70 valence electrons. The molecule has 0 bridgehead atoms. The average Bonchev–Trinajstić information content (AvgIpc) is 2.04. The van der Waals surface area contributed by atoms with Crippen molar-refractivity contribution in [3.05, 3.63) is 0 Å². The van der Waals surface area contributed by atoms with Gasteiger partial charge in [-0.05, 0) is 6.92 Å². The molecule has 13 heavy (non-hydrogen) atoms. The molecule has 2 atom stereocenters. The normalized spacial score (nSPS) is 13.3. The van der Waals surface area contributed by atoms with Crippen molar-refractivity contribution in [2.75, 3.05) is 0 Å². The standard InChI is InChI=1S/C7H8N2O4/c1-5(8-3-10)2-6(7(12)13)9-4-11/h5-6H,2H2,1H3,(H,12,13). The fourth-order valence-electron chi connectivity index (χ4n) is 0.738. The van der Waals surface area contributed by atoms with Crippen LogP contribution in [0.25, 0.3) is 0 Å². The summed E-state index contributed by atoms with van der Waals surface area (Å²) in [5.74, 6) is -1.24. The van der Waals surface area contributed by atoms with E-state index in [0.717, 1.165) is 6.08 Å². The van der Waals surface area contributed by atoms with Gasteiger partial charge in [0.15, 0.2) is 6.04 Å². The lowest BCUT2D eigenvalue weighted by Crippen LogP contribution is -2.21. The van der Waals surface area contributed by atoms with E-state index in [9.17, 15) is 14.4 Å². The summed E-state index contributed by atoms with van der Waals surface area (Å²) in [6, 6.07) is -1.71. The van der Waals surface area contributed by atoms with Crippen LogP contribution >= 0.6 is 0 Å². The Labute approximate surface area is 74.0 Å². The lowest BCUT2D eigenvalue weighted by atomic mass is 10.1. The molecule has 0 heterocycles. The third kappa shape index (κ3) is 4.63. The van der Waals surface area contributed by atoms with E-state index < -0.39 is 18.1 Å². The van der Waals surface area contributed by atoms with Crippen molar-refractivity contribution in [3.8, 4) is 0 Å². The van der Waals surface area contributed by atoms with Crippen LogP contribution in [-0.4, -0.2) is 35.3 Å². The maximum atomic E-state index is 10.4. The van der Waals surface area contributed by atoms with Gasteiger partial charge in [-0.3, -0.25) is 0 Å². The van der Waals surface area contributed by atoms with E-state index >= 15 is 0 Å². The number of carboxylic acid groups (broad SMARTS) is 1. The highest BCUT2D eigenvalue weighted by atomic mass is 16.4. The quantitative estimate of drug-likeness (QED) is 0.476. The number of isocyanates is 2. The van der Waals surface area contributed by atoms with E-state index in [1.807, 2.05) is 0 Å². The molecule has 0 aliphatic carbocycles. The number of carboxylic acids is 1. The Hall–Kier alpha value is -1.77. The zero-order chi connectivity index (χ0) is 10.3. The van der Waals surface area contributed by atoms with Crippen molar-refractivity contribution >= 4 is 18.1 Å². The number of aliphatic imine (C=N–C) groups is 2. The Balaban J connectivity index is 4.33. The molecule has 0 amide bonds. The number of hydrogen-bond donors (Lipinski definition) is 1. The third-order valence-electron chi connectivity index (χ3n) is 1.33. The summed E-state index contributed by atoms with van der Waals surface area (Å²) in [4.78, 5) is 36.3.